The van der Waals surface area contributed by atoms with Gasteiger partial charge in [-0.1, -0.05) is 6.92 Å². The van der Waals surface area contributed by atoms with Crippen LogP contribution in [0.25, 0.3) is 0 Å². The molecule has 2 rings (SSSR count). The minimum absolute atomic E-state index is 0.540. The minimum atomic E-state index is 0.540. The molecule has 0 bridgehead atoms. The molecule has 1 aliphatic carbocycles. The Hall–Kier alpha value is -0.760. The van der Waals surface area contributed by atoms with Gasteiger partial charge in [0.15, 0.2) is 0 Å². The van der Waals surface area contributed by atoms with E-state index in [1.807, 2.05) is 6.20 Å². The molecule has 0 aliphatic heterocycles. The third-order valence-electron chi connectivity index (χ3n) is 4.13. The minimum Gasteiger partial charge on any atom is -0.356 e. The Bertz CT molecular complexity index is 397. The van der Waals surface area contributed by atoms with Crippen molar-refractivity contribution in [2.75, 3.05) is 11.9 Å². The zero-order chi connectivity index (χ0) is 13.1. The van der Waals surface area contributed by atoms with E-state index >= 15 is 0 Å². The lowest BCUT2D eigenvalue weighted by Crippen LogP contribution is -2.35. The second kappa shape index (κ2) is 5.92. The molecule has 3 heteroatoms. The van der Waals surface area contributed by atoms with Crippen molar-refractivity contribution in [3.8, 4) is 0 Å². The molecular formula is C15H23ClN2. The Balaban J connectivity index is 2.11. The summed E-state index contributed by atoms with van der Waals surface area (Å²) in [7, 11) is 2.18. The van der Waals surface area contributed by atoms with E-state index in [1.165, 1.54) is 31.2 Å². The van der Waals surface area contributed by atoms with Crippen LogP contribution < -0.4 is 4.90 Å². The van der Waals surface area contributed by atoms with Gasteiger partial charge in [-0.05, 0) is 55.7 Å². The van der Waals surface area contributed by atoms with Gasteiger partial charge in [0.1, 0.15) is 5.82 Å². The van der Waals surface area contributed by atoms with Gasteiger partial charge < -0.3 is 4.90 Å². The van der Waals surface area contributed by atoms with Crippen LogP contribution in [0.5, 0.6) is 0 Å². The second-order valence-corrected chi connectivity index (χ2v) is 5.91. The lowest BCUT2D eigenvalue weighted by Gasteiger charge is -2.35. The second-order valence-electron chi connectivity index (χ2n) is 5.64. The molecule has 0 aromatic carbocycles. The summed E-state index contributed by atoms with van der Waals surface area (Å²) in [5, 5.41) is 0. The standard InChI is InChI=1S/C15H23ClN2/c1-11-4-6-14(7-5-11)18(3)15-12(2)8-13(9-16)10-17-15/h8,10-11,14H,4-7,9H2,1-3H3. The number of anilines is 1. The first-order chi connectivity index (χ1) is 8.61. The van der Waals surface area contributed by atoms with Crippen LogP contribution in [0.4, 0.5) is 5.82 Å². The lowest BCUT2D eigenvalue weighted by atomic mass is 9.86. The Morgan fingerprint density at radius 2 is 2.00 bits per heavy atom. The summed E-state index contributed by atoms with van der Waals surface area (Å²) >= 11 is 5.84. The summed E-state index contributed by atoms with van der Waals surface area (Å²) in [5.41, 5.74) is 2.33. The van der Waals surface area contributed by atoms with E-state index in [4.69, 9.17) is 11.6 Å². The first-order valence-corrected chi connectivity index (χ1v) is 7.39. The predicted molar refractivity (Wildman–Crippen MR) is 78.4 cm³/mol. The molecule has 2 nitrogen and oxygen atoms in total. The molecule has 100 valence electrons. The van der Waals surface area contributed by atoms with Gasteiger partial charge in [-0.2, -0.15) is 0 Å². The predicted octanol–water partition coefficient (Wildman–Crippen LogP) is 4.14. The van der Waals surface area contributed by atoms with E-state index in [9.17, 15) is 0 Å². The molecular weight excluding hydrogens is 244 g/mol. The summed E-state index contributed by atoms with van der Waals surface area (Å²) in [6, 6.07) is 2.80. The Labute approximate surface area is 115 Å². The van der Waals surface area contributed by atoms with E-state index in [-0.39, 0.29) is 0 Å². The molecule has 1 heterocycles. The Morgan fingerprint density at radius 1 is 1.33 bits per heavy atom. The monoisotopic (exact) mass is 266 g/mol. The first-order valence-electron chi connectivity index (χ1n) is 6.86. The molecule has 0 radical (unpaired) electrons. The molecule has 1 fully saturated rings. The lowest BCUT2D eigenvalue weighted by molar-refractivity contribution is 0.340. The number of pyridine rings is 1. The molecule has 1 saturated carbocycles. The summed E-state index contributed by atoms with van der Waals surface area (Å²) in [4.78, 5) is 6.95. The van der Waals surface area contributed by atoms with Gasteiger partial charge in [0.2, 0.25) is 0 Å². The number of hydrogen-bond donors (Lipinski definition) is 0. The highest BCUT2D eigenvalue weighted by Crippen LogP contribution is 2.29. The Morgan fingerprint density at radius 3 is 2.56 bits per heavy atom. The van der Waals surface area contributed by atoms with Crippen LogP contribution in [-0.2, 0) is 5.88 Å². The number of nitrogens with zero attached hydrogens (tertiary/aromatic N) is 2. The summed E-state index contributed by atoms with van der Waals surface area (Å²) in [6.45, 7) is 4.48. The number of rotatable bonds is 3. The maximum absolute atomic E-state index is 5.84. The van der Waals surface area contributed by atoms with Gasteiger partial charge in [-0.15, -0.1) is 11.6 Å². The third kappa shape index (κ3) is 2.97. The third-order valence-corrected chi connectivity index (χ3v) is 4.44. The first kappa shape index (κ1) is 13.7. The maximum atomic E-state index is 5.84. The number of hydrogen-bond acceptors (Lipinski definition) is 2. The van der Waals surface area contributed by atoms with E-state index in [2.05, 4.69) is 36.8 Å². The SMILES string of the molecule is Cc1cc(CCl)cnc1N(C)C1CCC(C)CC1. The van der Waals surface area contributed by atoms with Gasteiger partial charge in [0, 0.05) is 25.2 Å². The summed E-state index contributed by atoms with van der Waals surface area (Å²) in [6.07, 6.45) is 7.16. The summed E-state index contributed by atoms with van der Waals surface area (Å²) in [5.74, 6) is 2.55. The molecule has 18 heavy (non-hydrogen) atoms. The van der Waals surface area contributed by atoms with Crippen molar-refractivity contribution >= 4 is 17.4 Å². The number of halogens is 1. The van der Waals surface area contributed by atoms with E-state index < -0.39 is 0 Å². The molecule has 0 saturated heterocycles. The average molecular weight is 267 g/mol. The normalized spacial score (nSPS) is 24.0. The maximum Gasteiger partial charge on any atom is 0.131 e. The quantitative estimate of drug-likeness (QED) is 0.765. The van der Waals surface area contributed by atoms with E-state index in [1.54, 1.807) is 0 Å². The zero-order valence-electron chi connectivity index (χ0n) is 11.6. The zero-order valence-corrected chi connectivity index (χ0v) is 12.4. The molecule has 1 aromatic heterocycles. The fraction of sp³-hybridized carbons (Fsp3) is 0.667. The van der Waals surface area contributed by atoms with Crippen molar-refractivity contribution < 1.29 is 0 Å². The number of aryl methyl sites for hydroxylation is 1. The van der Waals surface area contributed by atoms with Crippen LogP contribution in [0, 0.1) is 12.8 Å². The molecule has 0 unspecified atom stereocenters. The van der Waals surface area contributed by atoms with Crippen LogP contribution in [0.3, 0.4) is 0 Å². The van der Waals surface area contributed by atoms with Gasteiger partial charge in [0.05, 0.1) is 0 Å². The average Bonchev–Trinajstić information content (AvgIpc) is 2.38. The van der Waals surface area contributed by atoms with Crippen molar-refractivity contribution in [3.05, 3.63) is 23.4 Å². The van der Waals surface area contributed by atoms with Crippen molar-refractivity contribution in [2.24, 2.45) is 5.92 Å². The number of alkyl halides is 1. The van der Waals surface area contributed by atoms with Gasteiger partial charge in [0.25, 0.3) is 0 Å². The van der Waals surface area contributed by atoms with Crippen LogP contribution in [-0.4, -0.2) is 18.1 Å². The molecule has 1 aliphatic rings. The molecule has 0 atom stereocenters. The van der Waals surface area contributed by atoms with Crippen LogP contribution in [0.1, 0.15) is 43.7 Å². The Kier molecular flexibility index (Phi) is 4.50. The topological polar surface area (TPSA) is 16.1 Å². The van der Waals surface area contributed by atoms with Crippen LogP contribution in [0.2, 0.25) is 0 Å². The molecule has 0 N–H and O–H groups in total. The highest BCUT2D eigenvalue weighted by atomic mass is 35.5. The van der Waals surface area contributed by atoms with Crippen molar-refractivity contribution in [1.29, 1.82) is 0 Å². The highest BCUT2D eigenvalue weighted by molar-refractivity contribution is 6.17. The fourth-order valence-electron chi connectivity index (χ4n) is 2.87. The molecule has 0 spiro atoms. The molecule has 0 amide bonds. The van der Waals surface area contributed by atoms with E-state index in [0.29, 0.717) is 11.9 Å². The van der Waals surface area contributed by atoms with Gasteiger partial charge >= 0.3 is 0 Å². The largest absolute Gasteiger partial charge is 0.356 e. The number of aromatic nitrogens is 1. The fourth-order valence-corrected chi connectivity index (χ4v) is 3.02. The smallest absolute Gasteiger partial charge is 0.131 e. The van der Waals surface area contributed by atoms with E-state index in [0.717, 1.165) is 17.3 Å². The van der Waals surface area contributed by atoms with Crippen LogP contribution in [0.15, 0.2) is 12.3 Å². The van der Waals surface area contributed by atoms with Crippen molar-refractivity contribution in [1.82, 2.24) is 4.98 Å². The van der Waals surface area contributed by atoms with Gasteiger partial charge in [-0.3, -0.25) is 0 Å². The van der Waals surface area contributed by atoms with Crippen molar-refractivity contribution in [2.45, 2.75) is 51.5 Å². The highest BCUT2D eigenvalue weighted by Gasteiger charge is 2.23. The summed E-state index contributed by atoms with van der Waals surface area (Å²) < 4.78 is 0. The molecule has 1 aromatic rings. The van der Waals surface area contributed by atoms with Crippen molar-refractivity contribution in [3.63, 3.8) is 0 Å². The van der Waals surface area contributed by atoms with Crippen LogP contribution >= 0.6 is 11.6 Å². The van der Waals surface area contributed by atoms with Gasteiger partial charge in [-0.25, -0.2) is 4.98 Å².